The smallest absolute Gasteiger partial charge is 0.336 e. The molecule has 0 saturated heterocycles. The highest BCUT2D eigenvalue weighted by Crippen LogP contribution is 2.31. The Morgan fingerprint density at radius 2 is 0.812 bits per heavy atom. The molecule has 0 radical (unpaired) electrons. The van der Waals surface area contributed by atoms with E-state index in [0.717, 1.165) is 22.3 Å². The van der Waals surface area contributed by atoms with Crippen molar-refractivity contribution in [2.45, 2.75) is 0 Å². The average molecular weight is 424 g/mol. The molecule has 4 aromatic rings. The summed E-state index contributed by atoms with van der Waals surface area (Å²) in [5.41, 5.74) is 17.6. The summed E-state index contributed by atoms with van der Waals surface area (Å²) in [6.07, 6.45) is 0. The number of anilines is 2. The van der Waals surface area contributed by atoms with E-state index in [2.05, 4.69) is 0 Å². The van der Waals surface area contributed by atoms with Crippen LogP contribution in [0, 0.1) is 0 Å². The molecule has 0 spiro atoms. The van der Waals surface area contributed by atoms with Crippen LogP contribution in [-0.2, 0) is 0 Å². The van der Waals surface area contributed by atoms with Crippen LogP contribution in [0.1, 0.15) is 20.7 Å². The zero-order chi connectivity index (χ0) is 22.8. The van der Waals surface area contributed by atoms with Crippen LogP contribution in [-0.4, -0.2) is 22.2 Å². The Morgan fingerprint density at radius 3 is 1.12 bits per heavy atom. The molecule has 0 aromatic heterocycles. The number of nitrogen functional groups attached to an aromatic ring is 2. The van der Waals surface area contributed by atoms with Crippen LogP contribution >= 0.6 is 0 Å². The largest absolute Gasteiger partial charge is 0.478 e. The fourth-order valence-corrected chi connectivity index (χ4v) is 3.66. The molecule has 32 heavy (non-hydrogen) atoms. The lowest BCUT2D eigenvalue weighted by Crippen LogP contribution is -2.00. The maximum atomic E-state index is 11.5. The van der Waals surface area contributed by atoms with Gasteiger partial charge in [-0.25, -0.2) is 9.59 Å². The zero-order valence-corrected chi connectivity index (χ0v) is 16.9. The molecule has 4 aromatic carbocycles. The molecule has 6 nitrogen and oxygen atoms in total. The lowest BCUT2D eigenvalue weighted by atomic mass is 9.94. The fourth-order valence-electron chi connectivity index (χ4n) is 3.66. The van der Waals surface area contributed by atoms with Gasteiger partial charge in [-0.15, -0.1) is 0 Å². The highest BCUT2D eigenvalue weighted by molar-refractivity contribution is 5.98. The summed E-state index contributed by atoms with van der Waals surface area (Å²) in [6.45, 7) is 0. The minimum atomic E-state index is -1.01. The third kappa shape index (κ3) is 4.02. The number of rotatable bonds is 5. The first kappa shape index (κ1) is 20.7. The molecule has 0 fully saturated rings. The van der Waals surface area contributed by atoms with E-state index in [0.29, 0.717) is 22.5 Å². The Morgan fingerprint density at radius 1 is 0.500 bits per heavy atom. The highest BCUT2D eigenvalue weighted by atomic mass is 16.4. The molecular formula is C26H20N2O4. The van der Waals surface area contributed by atoms with Crippen molar-refractivity contribution in [3.8, 4) is 33.4 Å². The number of hydrogen-bond acceptors (Lipinski definition) is 4. The molecule has 6 heteroatoms. The number of aromatic carboxylic acids is 2. The summed E-state index contributed by atoms with van der Waals surface area (Å²) < 4.78 is 0. The Labute approximate surface area is 184 Å². The Kier molecular flexibility index (Phi) is 5.35. The van der Waals surface area contributed by atoms with Crippen LogP contribution in [0.25, 0.3) is 33.4 Å². The van der Waals surface area contributed by atoms with Crippen molar-refractivity contribution in [3.05, 3.63) is 96.1 Å². The van der Waals surface area contributed by atoms with Crippen LogP contribution in [0.4, 0.5) is 11.4 Å². The van der Waals surface area contributed by atoms with Crippen LogP contribution < -0.4 is 11.5 Å². The van der Waals surface area contributed by atoms with E-state index in [1.807, 2.05) is 48.5 Å². The van der Waals surface area contributed by atoms with Gasteiger partial charge in [0.15, 0.2) is 0 Å². The van der Waals surface area contributed by atoms with Crippen LogP contribution in [0.2, 0.25) is 0 Å². The Bertz CT molecular complexity index is 1220. The quantitative estimate of drug-likeness (QED) is 0.324. The van der Waals surface area contributed by atoms with Crippen molar-refractivity contribution in [1.29, 1.82) is 0 Å². The maximum Gasteiger partial charge on any atom is 0.336 e. The summed E-state index contributed by atoms with van der Waals surface area (Å²) in [5, 5.41) is 18.9. The van der Waals surface area contributed by atoms with Crippen LogP contribution in [0.15, 0.2) is 84.9 Å². The van der Waals surface area contributed by atoms with Gasteiger partial charge < -0.3 is 21.7 Å². The Balaban J connectivity index is 1.66. The molecule has 158 valence electrons. The number of nitrogens with two attached hydrogens (primary N) is 2. The predicted molar refractivity (Wildman–Crippen MR) is 125 cm³/mol. The SMILES string of the molecule is Nc1ccc(C(=O)O)c(-c2ccc(-c3ccc(-c4cc(N)ccc4C(=O)O)cc3)cc2)c1. The van der Waals surface area contributed by atoms with Crippen molar-refractivity contribution in [3.63, 3.8) is 0 Å². The van der Waals surface area contributed by atoms with Gasteiger partial charge in [-0.3, -0.25) is 0 Å². The third-order valence-corrected chi connectivity index (χ3v) is 5.27. The lowest BCUT2D eigenvalue weighted by Gasteiger charge is -2.10. The number of benzene rings is 4. The molecule has 0 bridgehead atoms. The van der Waals surface area contributed by atoms with Crippen molar-refractivity contribution in [2.75, 3.05) is 11.5 Å². The molecule has 0 aliphatic rings. The predicted octanol–water partition coefficient (Wildman–Crippen LogP) is 5.25. The van der Waals surface area contributed by atoms with Gasteiger partial charge >= 0.3 is 11.9 Å². The van der Waals surface area contributed by atoms with Crippen molar-refractivity contribution >= 4 is 23.3 Å². The molecular weight excluding hydrogens is 404 g/mol. The number of carboxylic acids is 2. The monoisotopic (exact) mass is 424 g/mol. The second-order valence-electron chi connectivity index (χ2n) is 7.38. The summed E-state index contributed by atoms with van der Waals surface area (Å²) in [4.78, 5) is 23.1. The van der Waals surface area contributed by atoms with E-state index < -0.39 is 11.9 Å². The van der Waals surface area contributed by atoms with Gasteiger partial charge in [-0.05, 0) is 69.8 Å². The first-order valence-electron chi connectivity index (χ1n) is 9.80. The van der Waals surface area contributed by atoms with E-state index in [4.69, 9.17) is 11.5 Å². The molecule has 0 atom stereocenters. The standard InChI is InChI=1S/C26H20N2O4/c27-19-9-11-21(25(29)30)23(13-19)17-5-1-15(2-6-17)16-3-7-18(8-4-16)24-14-20(28)10-12-22(24)26(31)32/h1-14H,27-28H2,(H,29,30)(H,31,32). The van der Waals surface area contributed by atoms with Gasteiger partial charge in [0.25, 0.3) is 0 Å². The third-order valence-electron chi connectivity index (χ3n) is 5.27. The van der Waals surface area contributed by atoms with Crippen molar-refractivity contribution in [2.24, 2.45) is 0 Å². The van der Waals surface area contributed by atoms with Crippen molar-refractivity contribution < 1.29 is 19.8 Å². The van der Waals surface area contributed by atoms with Gasteiger partial charge in [-0.1, -0.05) is 48.5 Å². The second kappa shape index (κ2) is 8.28. The van der Waals surface area contributed by atoms with E-state index >= 15 is 0 Å². The molecule has 0 amide bonds. The van der Waals surface area contributed by atoms with E-state index in [9.17, 15) is 19.8 Å². The first-order valence-corrected chi connectivity index (χ1v) is 9.80. The summed E-state index contributed by atoms with van der Waals surface area (Å²) in [7, 11) is 0. The molecule has 0 unspecified atom stereocenters. The normalized spacial score (nSPS) is 10.6. The fraction of sp³-hybridized carbons (Fsp3) is 0. The molecule has 6 N–H and O–H groups in total. The van der Waals surface area contributed by atoms with E-state index in [1.165, 1.54) is 12.1 Å². The van der Waals surface area contributed by atoms with Gasteiger partial charge in [0.2, 0.25) is 0 Å². The van der Waals surface area contributed by atoms with E-state index in [1.54, 1.807) is 24.3 Å². The molecule has 0 aliphatic carbocycles. The van der Waals surface area contributed by atoms with Crippen LogP contribution in [0.5, 0.6) is 0 Å². The molecule has 4 rings (SSSR count). The number of carboxylic acid groups (broad SMARTS) is 2. The van der Waals surface area contributed by atoms with Crippen molar-refractivity contribution in [1.82, 2.24) is 0 Å². The topological polar surface area (TPSA) is 127 Å². The summed E-state index contributed by atoms with van der Waals surface area (Å²) in [5.74, 6) is -2.02. The minimum Gasteiger partial charge on any atom is -0.478 e. The first-order chi connectivity index (χ1) is 15.3. The zero-order valence-electron chi connectivity index (χ0n) is 16.9. The molecule has 0 saturated carbocycles. The summed E-state index contributed by atoms with van der Waals surface area (Å²) in [6, 6.07) is 24.5. The van der Waals surface area contributed by atoms with Gasteiger partial charge in [0.05, 0.1) is 11.1 Å². The average Bonchev–Trinajstić information content (AvgIpc) is 2.79. The Hall–Kier alpha value is -4.58. The maximum absolute atomic E-state index is 11.5. The second-order valence-corrected chi connectivity index (χ2v) is 7.38. The number of hydrogen-bond donors (Lipinski definition) is 4. The minimum absolute atomic E-state index is 0.188. The van der Waals surface area contributed by atoms with Gasteiger partial charge in [0, 0.05) is 11.4 Å². The van der Waals surface area contributed by atoms with E-state index in [-0.39, 0.29) is 11.1 Å². The summed E-state index contributed by atoms with van der Waals surface area (Å²) >= 11 is 0. The molecule has 0 aliphatic heterocycles. The highest BCUT2D eigenvalue weighted by Gasteiger charge is 2.14. The lowest BCUT2D eigenvalue weighted by molar-refractivity contribution is 0.0687. The molecule has 0 heterocycles. The van der Waals surface area contributed by atoms with Gasteiger partial charge in [0.1, 0.15) is 0 Å². The number of carbonyl (C=O) groups is 2. The van der Waals surface area contributed by atoms with Gasteiger partial charge in [-0.2, -0.15) is 0 Å². The van der Waals surface area contributed by atoms with Crippen LogP contribution in [0.3, 0.4) is 0 Å².